The summed E-state index contributed by atoms with van der Waals surface area (Å²) >= 11 is 0. The zero-order valence-electron chi connectivity index (χ0n) is 7.56. The first-order valence-corrected chi connectivity index (χ1v) is 4.17. The molecule has 1 atom stereocenters. The molecule has 1 aliphatic heterocycles. The molecule has 0 radical (unpaired) electrons. The number of nitrogens with zero attached hydrogens (tertiary/aromatic N) is 1. The van der Waals surface area contributed by atoms with Crippen LogP contribution in [0, 0.1) is 11.3 Å². The highest BCUT2D eigenvalue weighted by Gasteiger charge is 2.09. The molecular weight excluding hydrogens is 188 g/mol. The molecule has 3 N–H and O–H groups in total. The molecule has 0 aromatic carbocycles. The first kappa shape index (κ1) is 12.4. The molecule has 1 unspecified atom stereocenters. The van der Waals surface area contributed by atoms with E-state index >= 15 is 0 Å². The van der Waals surface area contributed by atoms with Gasteiger partial charge in [0, 0.05) is 0 Å². The monoisotopic (exact) mass is 200 g/mol. The van der Waals surface area contributed by atoms with Crippen molar-refractivity contribution in [3.8, 4) is 6.07 Å². The summed E-state index contributed by atoms with van der Waals surface area (Å²) in [6.45, 7) is 1.03. The highest BCUT2D eigenvalue weighted by molar-refractivity contribution is 6.27. The summed E-state index contributed by atoms with van der Waals surface area (Å²) in [5.74, 6) is -3.65. The number of hydrogen-bond acceptors (Lipinski definition) is 4. The fourth-order valence-corrected chi connectivity index (χ4v) is 0.962. The highest BCUT2D eigenvalue weighted by atomic mass is 16.4. The van der Waals surface area contributed by atoms with Crippen molar-refractivity contribution in [2.24, 2.45) is 0 Å². The van der Waals surface area contributed by atoms with Crippen LogP contribution in [0.1, 0.15) is 19.3 Å². The van der Waals surface area contributed by atoms with Crippen LogP contribution in [-0.4, -0.2) is 34.7 Å². The second kappa shape index (κ2) is 6.86. The Morgan fingerprint density at radius 1 is 1.29 bits per heavy atom. The van der Waals surface area contributed by atoms with Crippen LogP contribution in [0.25, 0.3) is 0 Å². The molecule has 1 rings (SSSR count). The Bertz CT molecular complexity index is 228. The van der Waals surface area contributed by atoms with Crippen LogP contribution in [0.5, 0.6) is 0 Å². The van der Waals surface area contributed by atoms with Gasteiger partial charge in [0.2, 0.25) is 0 Å². The topological polar surface area (TPSA) is 110 Å². The van der Waals surface area contributed by atoms with E-state index in [-0.39, 0.29) is 6.04 Å². The van der Waals surface area contributed by atoms with E-state index in [9.17, 15) is 0 Å². The van der Waals surface area contributed by atoms with Gasteiger partial charge in [-0.2, -0.15) is 5.26 Å². The van der Waals surface area contributed by atoms with Gasteiger partial charge < -0.3 is 15.5 Å². The fraction of sp³-hybridized carbons (Fsp3) is 0.625. The molecule has 14 heavy (non-hydrogen) atoms. The molecule has 1 heterocycles. The van der Waals surface area contributed by atoms with Crippen molar-refractivity contribution in [1.29, 1.82) is 5.26 Å². The van der Waals surface area contributed by atoms with Gasteiger partial charge in [0.05, 0.1) is 12.1 Å². The first-order chi connectivity index (χ1) is 6.57. The van der Waals surface area contributed by atoms with Gasteiger partial charge in [-0.25, -0.2) is 9.59 Å². The van der Waals surface area contributed by atoms with E-state index in [0.717, 1.165) is 13.0 Å². The summed E-state index contributed by atoms with van der Waals surface area (Å²) in [4.78, 5) is 18.2. The van der Waals surface area contributed by atoms with E-state index in [4.69, 9.17) is 25.1 Å². The van der Waals surface area contributed by atoms with Gasteiger partial charge in [-0.15, -0.1) is 0 Å². The molecule has 0 aromatic rings. The molecule has 0 saturated carbocycles. The molecule has 1 fully saturated rings. The molecule has 6 heteroatoms. The van der Waals surface area contributed by atoms with Crippen LogP contribution in [0.15, 0.2) is 0 Å². The van der Waals surface area contributed by atoms with Gasteiger partial charge in [0.25, 0.3) is 0 Å². The highest BCUT2D eigenvalue weighted by Crippen LogP contribution is 2.04. The number of piperidine rings is 1. The van der Waals surface area contributed by atoms with Crippen molar-refractivity contribution < 1.29 is 19.8 Å². The lowest BCUT2D eigenvalue weighted by Gasteiger charge is -2.15. The number of aliphatic carboxylic acids is 2. The Morgan fingerprint density at radius 2 is 1.86 bits per heavy atom. The SMILES string of the molecule is N#CC1CCCCN1.O=C(O)C(=O)O. The van der Waals surface area contributed by atoms with Crippen molar-refractivity contribution in [3.63, 3.8) is 0 Å². The van der Waals surface area contributed by atoms with Crippen LogP contribution < -0.4 is 5.32 Å². The summed E-state index contributed by atoms with van der Waals surface area (Å²) in [5, 5.41) is 26.3. The number of hydrogen-bond donors (Lipinski definition) is 3. The van der Waals surface area contributed by atoms with Gasteiger partial charge in [-0.3, -0.25) is 0 Å². The maximum Gasteiger partial charge on any atom is 0.414 e. The Balaban J connectivity index is 0.000000255. The fourth-order valence-electron chi connectivity index (χ4n) is 0.962. The van der Waals surface area contributed by atoms with Crippen LogP contribution in [0.3, 0.4) is 0 Å². The van der Waals surface area contributed by atoms with Crippen molar-refractivity contribution in [3.05, 3.63) is 0 Å². The molecule has 1 saturated heterocycles. The zero-order valence-corrected chi connectivity index (χ0v) is 7.56. The van der Waals surface area contributed by atoms with E-state index in [0.29, 0.717) is 0 Å². The average molecular weight is 200 g/mol. The maximum absolute atomic E-state index is 9.10. The molecule has 0 aliphatic carbocycles. The number of carboxylic acid groups (broad SMARTS) is 2. The molecule has 0 aromatic heterocycles. The largest absolute Gasteiger partial charge is 0.473 e. The minimum absolute atomic E-state index is 0.142. The lowest BCUT2D eigenvalue weighted by atomic mass is 10.1. The smallest absolute Gasteiger partial charge is 0.414 e. The quantitative estimate of drug-likeness (QED) is 0.467. The average Bonchev–Trinajstić information content (AvgIpc) is 2.20. The molecule has 1 aliphatic rings. The predicted octanol–water partition coefficient (Wildman–Crippen LogP) is -0.192. The third-order valence-corrected chi connectivity index (χ3v) is 1.65. The maximum atomic E-state index is 9.10. The Morgan fingerprint density at radius 3 is 2.07 bits per heavy atom. The molecule has 0 amide bonds. The number of carboxylic acids is 2. The zero-order chi connectivity index (χ0) is 11.0. The summed E-state index contributed by atoms with van der Waals surface area (Å²) in [6.07, 6.45) is 3.49. The molecule has 0 bridgehead atoms. The summed E-state index contributed by atoms with van der Waals surface area (Å²) in [6, 6.07) is 2.34. The number of rotatable bonds is 0. The van der Waals surface area contributed by atoms with Crippen molar-refractivity contribution >= 4 is 11.9 Å². The number of carbonyl (C=O) groups is 2. The molecule has 6 nitrogen and oxygen atoms in total. The lowest BCUT2D eigenvalue weighted by Crippen LogP contribution is -2.32. The minimum Gasteiger partial charge on any atom is -0.473 e. The van der Waals surface area contributed by atoms with Crippen molar-refractivity contribution in [2.75, 3.05) is 6.54 Å². The van der Waals surface area contributed by atoms with E-state index in [1.54, 1.807) is 0 Å². The Labute approximate surface area is 81.1 Å². The predicted molar refractivity (Wildman–Crippen MR) is 46.5 cm³/mol. The molecule has 0 spiro atoms. The van der Waals surface area contributed by atoms with Crippen molar-refractivity contribution in [2.45, 2.75) is 25.3 Å². The summed E-state index contributed by atoms with van der Waals surface area (Å²) < 4.78 is 0. The van der Waals surface area contributed by atoms with Gasteiger partial charge in [-0.1, -0.05) is 0 Å². The second-order valence-electron chi connectivity index (χ2n) is 2.74. The van der Waals surface area contributed by atoms with E-state index in [1.165, 1.54) is 12.8 Å². The second-order valence-corrected chi connectivity index (χ2v) is 2.74. The lowest BCUT2D eigenvalue weighted by molar-refractivity contribution is -0.159. The third kappa shape index (κ3) is 5.97. The third-order valence-electron chi connectivity index (χ3n) is 1.65. The van der Waals surface area contributed by atoms with E-state index in [1.807, 2.05) is 0 Å². The van der Waals surface area contributed by atoms with Crippen molar-refractivity contribution in [1.82, 2.24) is 5.32 Å². The normalized spacial score (nSPS) is 19.8. The van der Waals surface area contributed by atoms with Crippen LogP contribution in [-0.2, 0) is 9.59 Å². The summed E-state index contributed by atoms with van der Waals surface area (Å²) in [5.41, 5.74) is 0. The number of nitriles is 1. The van der Waals surface area contributed by atoms with Crippen LogP contribution >= 0.6 is 0 Å². The minimum atomic E-state index is -1.82. The van der Waals surface area contributed by atoms with Gasteiger partial charge in [0.15, 0.2) is 0 Å². The Kier molecular flexibility index (Phi) is 6.07. The van der Waals surface area contributed by atoms with Gasteiger partial charge in [0.1, 0.15) is 0 Å². The number of nitrogens with one attached hydrogen (secondary N) is 1. The van der Waals surface area contributed by atoms with E-state index < -0.39 is 11.9 Å². The van der Waals surface area contributed by atoms with Crippen LogP contribution in [0.4, 0.5) is 0 Å². The molecular formula is C8H12N2O4. The summed E-state index contributed by atoms with van der Waals surface area (Å²) in [7, 11) is 0. The van der Waals surface area contributed by atoms with Gasteiger partial charge in [-0.05, 0) is 25.8 Å². The van der Waals surface area contributed by atoms with Crippen LogP contribution in [0.2, 0.25) is 0 Å². The van der Waals surface area contributed by atoms with Gasteiger partial charge >= 0.3 is 11.9 Å². The standard InChI is InChI=1S/C6H10N2.C2H2O4/c7-5-6-3-1-2-4-8-6;3-1(4)2(5)6/h6,8H,1-4H2;(H,3,4)(H,5,6). The first-order valence-electron chi connectivity index (χ1n) is 4.17. The Hall–Kier alpha value is -1.61. The van der Waals surface area contributed by atoms with E-state index in [2.05, 4.69) is 11.4 Å². The molecule has 78 valence electrons.